The van der Waals surface area contributed by atoms with Crippen LogP contribution in [0.4, 0.5) is 4.79 Å². The fourth-order valence-corrected chi connectivity index (χ4v) is 3.16. The standard InChI is InChI=1S/C21H21N3O5/c1-4-21(16-8-6-5-7-9-16)19(26)24(20(27)23-21)22-13-15-10-11-17(29-14(2)25)18(12-15)28-3/h5-13H,4H2,1-3H3,(H,23,27)/b22-13-/t21-/m1/s1. The Bertz CT molecular complexity index is 974. The fourth-order valence-electron chi connectivity index (χ4n) is 3.16. The molecule has 0 spiro atoms. The van der Waals surface area contributed by atoms with Crippen LogP contribution < -0.4 is 14.8 Å². The fraction of sp³-hybridized carbons (Fsp3) is 0.238. The van der Waals surface area contributed by atoms with Crippen molar-refractivity contribution in [3.8, 4) is 11.5 Å². The van der Waals surface area contributed by atoms with Crippen LogP contribution in [0.15, 0.2) is 53.6 Å². The molecule has 1 atom stereocenters. The van der Waals surface area contributed by atoms with Crippen molar-refractivity contribution < 1.29 is 23.9 Å². The van der Waals surface area contributed by atoms with Gasteiger partial charge in [0.05, 0.1) is 13.3 Å². The van der Waals surface area contributed by atoms with E-state index in [0.29, 0.717) is 23.3 Å². The lowest BCUT2D eigenvalue weighted by Gasteiger charge is -2.24. The van der Waals surface area contributed by atoms with Crippen molar-refractivity contribution in [3.63, 3.8) is 0 Å². The summed E-state index contributed by atoms with van der Waals surface area (Å²) in [6.07, 6.45) is 1.76. The summed E-state index contributed by atoms with van der Waals surface area (Å²) < 4.78 is 10.3. The van der Waals surface area contributed by atoms with Gasteiger partial charge in [0.25, 0.3) is 5.91 Å². The van der Waals surface area contributed by atoms with Gasteiger partial charge in [0.2, 0.25) is 0 Å². The number of carbonyl (C=O) groups is 3. The number of esters is 1. The highest BCUT2D eigenvalue weighted by Crippen LogP contribution is 2.32. The minimum atomic E-state index is -1.15. The molecule has 29 heavy (non-hydrogen) atoms. The Morgan fingerprint density at radius 3 is 2.52 bits per heavy atom. The predicted molar refractivity (Wildman–Crippen MR) is 106 cm³/mol. The van der Waals surface area contributed by atoms with Crippen molar-refractivity contribution in [3.05, 3.63) is 59.7 Å². The highest BCUT2D eigenvalue weighted by molar-refractivity contribution is 6.07. The molecule has 0 aromatic heterocycles. The molecule has 0 radical (unpaired) electrons. The number of ether oxygens (including phenoxy) is 2. The van der Waals surface area contributed by atoms with E-state index >= 15 is 0 Å². The highest BCUT2D eigenvalue weighted by atomic mass is 16.6. The van der Waals surface area contributed by atoms with E-state index in [1.807, 2.05) is 25.1 Å². The molecule has 1 heterocycles. The molecule has 1 fully saturated rings. The second-order valence-electron chi connectivity index (χ2n) is 6.42. The molecule has 3 rings (SSSR count). The monoisotopic (exact) mass is 395 g/mol. The average Bonchev–Trinajstić information content (AvgIpc) is 2.97. The Morgan fingerprint density at radius 1 is 1.17 bits per heavy atom. The second-order valence-corrected chi connectivity index (χ2v) is 6.42. The number of benzene rings is 2. The number of hydrazone groups is 1. The molecular weight excluding hydrogens is 374 g/mol. The summed E-state index contributed by atoms with van der Waals surface area (Å²) >= 11 is 0. The van der Waals surface area contributed by atoms with Crippen LogP contribution in [-0.2, 0) is 15.1 Å². The minimum absolute atomic E-state index is 0.265. The molecule has 1 aliphatic rings. The molecule has 150 valence electrons. The molecule has 2 aromatic rings. The van der Waals surface area contributed by atoms with Gasteiger partial charge in [-0.2, -0.15) is 5.10 Å². The molecule has 8 nitrogen and oxygen atoms in total. The van der Waals surface area contributed by atoms with E-state index in [-0.39, 0.29) is 5.75 Å². The van der Waals surface area contributed by atoms with E-state index < -0.39 is 23.4 Å². The molecule has 0 aliphatic carbocycles. The Hall–Kier alpha value is -3.68. The third-order valence-corrected chi connectivity index (χ3v) is 4.63. The van der Waals surface area contributed by atoms with Crippen molar-refractivity contribution >= 4 is 24.1 Å². The number of hydrogen-bond acceptors (Lipinski definition) is 6. The molecule has 1 N–H and O–H groups in total. The summed E-state index contributed by atoms with van der Waals surface area (Å²) in [6, 6.07) is 13.2. The minimum Gasteiger partial charge on any atom is -0.493 e. The Kier molecular flexibility index (Phi) is 5.63. The van der Waals surface area contributed by atoms with Crippen LogP contribution in [0.5, 0.6) is 11.5 Å². The quantitative estimate of drug-likeness (QED) is 0.351. The number of nitrogens with one attached hydrogen (secondary N) is 1. The summed E-state index contributed by atoms with van der Waals surface area (Å²) in [4.78, 5) is 36.6. The number of amides is 3. The van der Waals surface area contributed by atoms with Crippen molar-refractivity contribution in [2.45, 2.75) is 25.8 Å². The number of hydrogen-bond donors (Lipinski definition) is 1. The van der Waals surface area contributed by atoms with Crippen LogP contribution in [-0.4, -0.2) is 36.2 Å². The molecule has 1 aliphatic heterocycles. The van der Waals surface area contributed by atoms with E-state index in [9.17, 15) is 14.4 Å². The molecule has 0 saturated carbocycles. The van der Waals surface area contributed by atoms with Crippen LogP contribution in [0, 0.1) is 0 Å². The Balaban J connectivity index is 1.87. The first-order valence-electron chi connectivity index (χ1n) is 9.04. The summed E-state index contributed by atoms with van der Waals surface area (Å²) in [6.45, 7) is 3.12. The van der Waals surface area contributed by atoms with E-state index in [1.54, 1.807) is 30.3 Å². The van der Waals surface area contributed by atoms with Crippen molar-refractivity contribution in [2.75, 3.05) is 7.11 Å². The first kappa shape index (κ1) is 20.1. The van der Waals surface area contributed by atoms with Gasteiger partial charge in [-0.05, 0) is 35.7 Å². The van der Waals surface area contributed by atoms with E-state index in [0.717, 1.165) is 5.01 Å². The number of urea groups is 1. The lowest BCUT2D eigenvalue weighted by molar-refractivity contribution is -0.132. The second kappa shape index (κ2) is 8.14. The zero-order valence-electron chi connectivity index (χ0n) is 16.3. The van der Waals surface area contributed by atoms with E-state index in [4.69, 9.17) is 9.47 Å². The zero-order valence-corrected chi connectivity index (χ0v) is 16.3. The van der Waals surface area contributed by atoms with Gasteiger partial charge in [0.1, 0.15) is 5.54 Å². The SMILES string of the molecule is CC[C@]1(c2ccccc2)NC(=O)N(/N=C\c2ccc(OC(C)=O)c(OC)c2)C1=O. The van der Waals surface area contributed by atoms with Gasteiger partial charge < -0.3 is 14.8 Å². The first-order valence-corrected chi connectivity index (χ1v) is 9.04. The number of rotatable bonds is 6. The van der Waals surface area contributed by atoms with Crippen LogP contribution >= 0.6 is 0 Å². The van der Waals surface area contributed by atoms with Gasteiger partial charge >= 0.3 is 12.0 Å². The van der Waals surface area contributed by atoms with Crippen molar-refractivity contribution in [1.29, 1.82) is 0 Å². The maximum Gasteiger partial charge on any atom is 0.346 e. The number of imide groups is 1. The first-order chi connectivity index (χ1) is 13.9. The highest BCUT2D eigenvalue weighted by Gasteiger charge is 2.51. The third kappa shape index (κ3) is 3.82. The summed E-state index contributed by atoms with van der Waals surface area (Å²) in [7, 11) is 1.44. The number of nitrogens with zero attached hydrogens (tertiary/aromatic N) is 2. The van der Waals surface area contributed by atoms with Gasteiger partial charge in [-0.1, -0.05) is 37.3 Å². The van der Waals surface area contributed by atoms with Gasteiger partial charge in [0, 0.05) is 6.92 Å². The molecule has 1 saturated heterocycles. The molecular formula is C21H21N3O5. The van der Waals surface area contributed by atoms with Gasteiger partial charge in [-0.15, -0.1) is 5.01 Å². The van der Waals surface area contributed by atoms with Crippen LogP contribution in [0.2, 0.25) is 0 Å². The van der Waals surface area contributed by atoms with Gasteiger partial charge in [0.15, 0.2) is 11.5 Å². The molecule has 0 unspecified atom stereocenters. The molecule has 8 heteroatoms. The van der Waals surface area contributed by atoms with Crippen molar-refractivity contribution in [2.24, 2.45) is 5.10 Å². The summed E-state index contributed by atoms with van der Waals surface area (Å²) in [5.41, 5.74) is 0.116. The smallest absolute Gasteiger partial charge is 0.346 e. The number of carbonyl (C=O) groups excluding carboxylic acids is 3. The molecule has 2 aromatic carbocycles. The zero-order chi connectivity index (χ0) is 21.0. The predicted octanol–water partition coefficient (Wildman–Crippen LogP) is 2.81. The summed E-state index contributed by atoms with van der Waals surface area (Å²) in [5, 5.41) is 7.66. The topological polar surface area (TPSA) is 97.3 Å². The normalized spacial score (nSPS) is 18.8. The Labute approximate surface area is 168 Å². The van der Waals surface area contributed by atoms with Crippen LogP contribution in [0.1, 0.15) is 31.4 Å². The number of methoxy groups -OCH3 is 1. The van der Waals surface area contributed by atoms with E-state index in [2.05, 4.69) is 10.4 Å². The lowest BCUT2D eigenvalue weighted by Crippen LogP contribution is -2.43. The summed E-state index contributed by atoms with van der Waals surface area (Å²) in [5.74, 6) is -0.327. The molecule has 0 bridgehead atoms. The maximum atomic E-state index is 13.0. The third-order valence-electron chi connectivity index (χ3n) is 4.63. The van der Waals surface area contributed by atoms with Crippen LogP contribution in [0.3, 0.4) is 0 Å². The van der Waals surface area contributed by atoms with Crippen LogP contribution in [0.25, 0.3) is 0 Å². The molecule has 3 amide bonds. The average molecular weight is 395 g/mol. The van der Waals surface area contributed by atoms with E-state index in [1.165, 1.54) is 20.2 Å². The maximum absolute atomic E-state index is 13.0. The van der Waals surface area contributed by atoms with Gasteiger partial charge in [-0.3, -0.25) is 9.59 Å². The van der Waals surface area contributed by atoms with Gasteiger partial charge in [-0.25, -0.2) is 4.79 Å². The Morgan fingerprint density at radius 2 is 1.90 bits per heavy atom. The lowest BCUT2D eigenvalue weighted by atomic mass is 9.87. The van der Waals surface area contributed by atoms with Crippen molar-refractivity contribution in [1.82, 2.24) is 10.3 Å². The largest absolute Gasteiger partial charge is 0.493 e.